The van der Waals surface area contributed by atoms with E-state index in [1.807, 2.05) is 0 Å². The van der Waals surface area contributed by atoms with Gasteiger partial charge in [-0.1, -0.05) is 30.3 Å². The Morgan fingerprint density at radius 2 is 1.73 bits per heavy atom. The molecule has 0 amide bonds. The summed E-state index contributed by atoms with van der Waals surface area (Å²) in [6, 6.07) is 13.6. The second-order valence-corrected chi connectivity index (χ2v) is 7.31. The van der Waals surface area contributed by atoms with E-state index in [1.54, 1.807) is 24.3 Å². The van der Waals surface area contributed by atoms with Crippen LogP contribution < -0.4 is 5.23 Å². The van der Waals surface area contributed by atoms with Crippen molar-refractivity contribution in [2.45, 2.75) is 9.79 Å². The molecule has 2 aromatic rings. The molecular formula is C13H13N2O5S2-. The minimum Gasteiger partial charge on any atom is -0.733 e. The summed E-state index contributed by atoms with van der Waals surface area (Å²) in [4.78, 5) is 0.187. The Bertz CT molecular complexity index is 776. The van der Waals surface area contributed by atoms with E-state index in [1.165, 1.54) is 37.4 Å². The summed E-state index contributed by atoms with van der Waals surface area (Å²) >= 11 is 0. The van der Waals surface area contributed by atoms with Crippen LogP contribution in [0.15, 0.2) is 68.2 Å². The maximum atomic E-state index is 12.3. The minimum absolute atomic E-state index is 0.0185. The molecule has 0 aromatic heterocycles. The quantitative estimate of drug-likeness (QED) is 0.838. The molecule has 0 bridgehead atoms. The van der Waals surface area contributed by atoms with Crippen LogP contribution in [-0.2, 0) is 25.2 Å². The van der Waals surface area contributed by atoms with E-state index in [4.69, 9.17) is 9.39 Å². The first-order valence-electron chi connectivity index (χ1n) is 6.03. The number of nitrogens with zero attached hydrogens (tertiary/aromatic N) is 2. The fraction of sp³-hybridized carbons (Fsp3) is 0.0769. The van der Waals surface area contributed by atoms with Crippen molar-refractivity contribution in [2.75, 3.05) is 12.3 Å². The topological polar surface area (TPSA) is 102 Å². The number of benzene rings is 2. The lowest BCUT2D eigenvalue weighted by Crippen LogP contribution is -2.11. The number of anilines is 1. The second-order valence-electron chi connectivity index (χ2n) is 4.02. The first-order chi connectivity index (χ1) is 10.5. The average Bonchev–Trinajstić information content (AvgIpc) is 2.53. The maximum absolute atomic E-state index is 12.3. The highest BCUT2D eigenvalue weighted by Crippen LogP contribution is 2.25. The van der Waals surface area contributed by atoms with Gasteiger partial charge >= 0.3 is 0 Å². The SMILES string of the molecule is CO/S(=N/S(=O)(=O)c1ccccc1)c1ccccc1N([O-])O. The molecule has 0 saturated carbocycles. The molecule has 1 atom stereocenters. The first-order valence-corrected chi connectivity index (χ1v) is 8.57. The normalized spacial score (nSPS) is 13.0. The smallest absolute Gasteiger partial charge is 0.290 e. The standard InChI is InChI=1S/C13H13N2O5S2/c1-20-21(13-10-6-5-9-12(13)15(16)17)14-22(18,19)11-7-3-2-4-8-11/h2-10,16H,1H3/q-1. The molecule has 0 radical (unpaired) electrons. The van der Waals surface area contributed by atoms with Gasteiger partial charge < -0.3 is 14.6 Å². The Morgan fingerprint density at radius 1 is 1.14 bits per heavy atom. The molecule has 2 rings (SSSR count). The van der Waals surface area contributed by atoms with Crippen molar-refractivity contribution in [3.05, 3.63) is 59.8 Å². The van der Waals surface area contributed by atoms with E-state index in [2.05, 4.69) is 3.77 Å². The number of sulfonamides is 1. The van der Waals surface area contributed by atoms with E-state index in [0.29, 0.717) is 0 Å². The van der Waals surface area contributed by atoms with E-state index < -0.39 is 21.0 Å². The molecule has 22 heavy (non-hydrogen) atoms. The van der Waals surface area contributed by atoms with Crippen molar-refractivity contribution in [1.82, 2.24) is 0 Å². The van der Waals surface area contributed by atoms with Gasteiger partial charge in [0.15, 0.2) is 0 Å². The van der Waals surface area contributed by atoms with Crippen LogP contribution in [0, 0.1) is 5.21 Å². The maximum Gasteiger partial charge on any atom is 0.290 e. The molecule has 1 N–H and O–H groups in total. The summed E-state index contributed by atoms with van der Waals surface area (Å²) in [6.45, 7) is 0. The summed E-state index contributed by atoms with van der Waals surface area (Å²) in [5.41, 5.74) is -0.125. The van der Waals surface area contributed by atoms with Gasteiger partial charge in [0.25, 0.3) is 10.0 Å². The lowest BCUT2D eigenvalue weighted by molar-refractivity contribution is 0.294. The van der Waals surface area contributed by atoms with Crippen LogP contribution in [0.4, 0.5) is 5.69 Å². The Hall–Kier alpha value is -1.78. The Labute approximate surface area is 130 Å². The molecule has 0 fully saturated rings. The number of hydrogen-bond donors (Lipinski definition) is 1. The van der Waals surface area contributed by atoms with Crippen LogP contribution in [0.3, 0.4) is 0 Å². The fourth-order valence-corrected chi connectivity index (χ4v) is 4.47. The summed E-state index contributed by atoms with van der Waals surface area (Å²) in [5, 5.41) is 19.9. The molecule has 1 unspecified atom stereocenters. The van der Waals surface area contributed by atoms with Crippen LogP contribution in [0.25, 0.3) is 0 Å². The first kappa shape index (κ1) is 16.6. The van der Waals surface area contributed by atoms with Gasteiger partial charge in [0, 0.05) is 0 Å². The molecular weight excluding hydrogens is 328 g/mol. The highest BCUT2D eigenvalue weighted by molar-refractivity contribution is 7.98. The lowest BCUT2D eigenvalue weighted by Gasteiger charge is -2.24. The van der Waals surface area contributed by atoms with Crippen molar-refractivity contribution < 1.29 is 17.8 Å². The van der Waals surface area contributed by atoms with E-state index in [-0.39, 0.29) is 20.7 Å². The molecule has 7 nitrogen and oxygen atoms in total. The van der Waals surface area contributed by atoms with Gasteiger partial charge in [0.05, 0.1) is 33.6 Å². The van der Waals surface area contributed by atoms with E-state index in [0.717, 1.165) is 0 Å². The zero-order chi connectivity index (χ0) is 16.2. The summed E-state index contributed by atoms with van der Waals surface area (Å²) in [6.07, 6.45) is 0. The van der Waals surface area contributed by atoms with Gasteiger partial charge in [-0.15, -0.1) is 3.77 Å². The summed E-state index contributed by atoms with van der Waals surface area (Å²) in [7, 11) is -4.24. The van der Waals surface area contributed by atoms with Gasteiger partial charge in [-0.25, -0.2) is 0 Å². The number of para-hydroxylation sites is 1. The van der Waals surface area contributed by atoms with Gasteiger partial charge in [-0.05, 0) is 24.3 Å². The molecule has 0 spiro atoms. The molecule has 118 valence electrons. The fourth-order valence-electron chi connectivity index (χ4n) is 1.65. The van der Waals surface area contributed by atoms with Gasteiger partial charge in [-0.2, -0.15) is 8.42 Å². The van der Waals surface area contributed by atoms with E-state index >= 15 is 0 Å². The Balaban J connectivity index is 2.54. The predicted octanol–water partition coefficient (Wildman–Crippen LogP) is 2.49. The van der Waals surface area contributed by atoms with Crippen LogP contribution in [0.5, 0.6) is 0 Å². The molecule has 9 heteroatoms. The highest BCUT2D eigenvalue weighted by Gasteiger charge is 2.16. The predicted molar refractivity (Wildman–Crippen MR) is 82.8 cm³/mol. The average molecular weight is 341 g/mol. The van der Waals surface area contributed by atoms with Crippen LogP contribution in [-0.4, -0.2) is 20.7 Å². The van der Waals surface area contributed by atoms with Crippen LogP contribution in [0.2, 0.25) is 0 Å². The lowest BCUT2D eigenvalue weighted by atomic mass is 10.3. The van der Waals surface area contributed by atoms with Crippen molar-refractivity contribution in [1.29, 1.82) is 0 Å². The Morgan fingerprint density at radius 3 is 2.32 bits per heavy atom. The number of rotatable bonds is 5. The molecule has 0 aliphatic rings. The van der Waals surface area contributed by atoms with Gasteiger partial charge in [-0.3, -0.25) is 5.21 Å². The third kappa shape index (κ3) is 3.70. The molecule has 0 heterocycles. The summed E-state index contributed by atoms with van der Waals surface area (Å²) in [5.74, 6) is 0. The largest absolute Gasteiger partial charge is 0.733 e. The number of hydrogen-bond acceptors (Lipinski definition) is 6. The Kier molecular flexibility index (Phi) is 5.27. The molecule has 0 aliphatic carbocycles. The van der Waals surface area contributed by atoms with Crippen LogP contribution >= 0.6 is 0 Å². The highest BCUT2D eigenvalue weighted by atomic mass is 32.3. The molecule has 0 aliphatic heterocycles. The third-order valence-electron chi connectivity index (χ3n) is 2.62. The summed E-state index contributed by atoms with van der Waals surface area (Å²) < 4.78 is 33.3. The van der Waals surface area contributed by atoms with Crippen molar-refractivity contribution in [2.24, 2.45) is 3.77 Å². The molecule has 2 aromatic carbocycles. The van der Waals surface area contributed by atoms with Crippen molar-refractivity contribution in [3.63, 3.8) is 0 Å². The van der Waals surface area contributed by atoms with Gasteiger partial charge in [0.1, 0.15) is 0 Å². The van der Waals surface area contributed by atoms with Crippen LogP contribution in [0.1, 0.15) is 0 Å². The van der Waals surface area contributed by atoms with Crippen molar-refractivity contribution >= 4 is 26.7 Å². The van der Waals surface area contributed by atoms with Gasteiger partial charge in [0.2, 0.25) is 0 Å². The monoisotopic (exact) mass is 341 g/mol. The van der Waals surface area contributed by atoms with Crippen molar-refractivity contribution in [3.8, 4) is 0 Å². The zero-order valence-electron chi connectivity index (χ0n) is 11.5. The third-order valence-corrected chi connectivity index (χ3v) is 5.86. The zero-order valence-corrected chi connectivity index (χ0v) is 13.1. The second kappa shape index (κ2) is 6.99. The minimum atomic E-state index is -3.95. The molecule has 0 saturated heterocycles. The van der Waals surface area contributed by atoms with E-state index in [9.17, 15) is 13.6 Å².